The topological polar surface area (TPSA) is 102 Å². The summed E-state index contributed by atoms with van der Waals surface area (Å²) in [4.78, 5) is 14.3. The molecule has 0 aliphatic heterocycles. The summed E-state index contributed by atoms with van der Waals surface area (Å²) >= 11 is 0. The van der Waals surface area contributed by atoms with E-state index in [0.717, 1.165) is 46.2 Å². The van der Waals surface area contributed by atoms with Crippen LogP contribution in [0.2, 0.25) is 0 Å². The van der Waals surface area contributed by atoms with Gasteiger partial charge in [-0.25, -0.2) is 17.9 Å². The molecule has 0 fully saturated rings. The molecule has 0 aliphatic rings. The zero-order valence-electron chi connectivity index (χ0n) is 27.3. The summed E-state index contributed by atoms with van der Waals surface area (Å²) in [7, 11) is -3.49. The third-order valence-corrected chi connectivity index (χ3v) is 9.24. The first-order chi connectivity index (χ1) is 21.9. The number of hydrogen-bond donors (Lipinski definition) is 3. The minimum Gasteiger partial charge on any atom is -0.334 e. The van der Waals surface area contributed by atoms with Crippen LogP contribution in [0, 0.1) is 5.41 Å². The third kappa shape index (κ3) is 10.4. The van der Waals surface area contributed by atoms with Crippen molar-refractivity contribution in [2.45, 2.75) is 71.2 Å². The lowest BCUT2D eigenvalue weighted by Gasteiger charge is -2.22. The van der Waals surface area contributed by atoms with Gasteiger partial charge in [-0.3, -0.25) is 10.3 Å². The molecule has 0 unspecified atom stereocenters. The van der Waals surface area contributed by atoms with Gasteiger partial charge in [0.1, 0.15) is 5.84 Å². The maximum absolute atomic E-state index is 12.8. The molecular formula is C38H48N4O3S. The van der Waals surface area contributed by atoms with Gasteiger partial charge in [0, 0.05) is 27.5 Å². The number of nitrogens with zero attached hydrogens (tertiary/aromatic N) is 1. The Morgan fingerprint density at radius 2 is 1.41 bits per heavy atom. The molecule has 7 nitrogen and oxygen atoms in total. The quantitative estimate of drug-likeness (QED) is 0.102. The standard InChI is InChI=1S/C38H46N4O3S.H2/c1-5-42(37(43)40-26-31-19-23-35(24-20-31)38(2,3)4)36(39)16-10-13-29-17-21-33(22-18-29)34-15-9-14-32(25-34)28-46(44,45)41-27-30-11-7-6-8-12-30;/h6-9,11-12,14-15,17-25,39,41H,5,10,13,16,26-28H2,1-4H3,(H,40,43);1H. The molecule has 4 aromatic rings. The smallest absolute Gasteiger partial charge is 0.323 e. The number of carbonyl (C=O) groups excluding carboxylic acids is 1. The van der Waals surface area contributed by atoms with Gasteiger partial charge in [-0.1, -0.05) is 124 Å². The molecular weight excluding hydrogens is 593 g/mol. The maximum Gasteiger partial charge on any atom is 0.323 e. The van der Waals surface area contributed by atoms with Crippen molar-refractivity contribution in [3.63, 3.8) is 0 Å². The van der Waals surface area contributed by atoms with Crippen LogP contribution >= 0.6 is 0 Å². The van der Waals surface area contributed by atoms with Crippen LogP contribution in [-0.2, 0) is 40.7 Å². The molecule has 0 aromatic heterocycles. The Morgan fingerprint density at radius 3 is 2.07 bits per heavy atom. The zero-order chi connectivity index (χ0) is 33.2. The average molecular weight is 641 g/mol. The van der Waals surface area contributed by atoms with Crippen LogP contribution < -0.4 is 10.0 Å². The molecule has 0 atom stereocenters. The van der Waals surface area contributed by atoms with E-state index < -0.39 is 10.0 Å². The predicted molar refractivity (Wildman–Crippen MR) is 190 cm³/mol. The monoisotopic (exact) mass is 640 g/mol. The van der Waals surface area contributed by atoms with Crippen LogP contribution in [0.4, 0.5) is 4.79 Å². The van der Waals surface area contributed by atoms with E-state index in [2.05, 4.69) is 55.1 Å². The number of nitrogens with one attached hydrogen (secondary N) is 3. The summed E-state index contributed by atoms with van der Waals surface area (Å²) in [6.45, 7) is 9.53. The second kappa shape index (κ2) is 15.8. The van der Waals surface area contributed by atoms with E-state index >= 15 is 0 Å². The molecule has 0 saturated carbocycles. The molecule has 0 saturated heterocycles. The molecule has 0 radical (unpaired) electrons. The number of carbonyl (C=O) groups is 1. The van der Waals surface area contributed by atoms with Crippen LogP contribution in [0.5, 0.6) is 0 Å². The first kappa shape index (κ1) is 34.6. The lowest BCUT2D eigenvalue weighted by atomic mass is 9.87. The van der Waals surface area contributed by atoms with Crippen molar-refractivity contribution in [2.75, 3.05) is 6.54 Å². The second-order valence-electron chi connectivity index (χ2n) is 12.6. The summed E-state index contributed by atoms with van der Waals surface area (Å²) in [5.74, 6) is 0.222. The zero-order valence-corrected chi connectivity index (χ0v) is 28.2. The molecule has 46 heavy (non-hydrogen) atoms. The van der Waals surface area contributed by atoms with Crippen molar-refractivity contribution < 1.29 is 14.6 Å². The van der Waals surface area contributed by atoms with Gasteiger partial charge in [0.25, 0.3) is 0 Å². The van der Waals surface area contributed by atoms with E-state index in [1.54, 1.807) is 0 Å². The highest BCUT2D eigenvalue weighted by molar-refractivity contribution is 7.88. The number of urea groups is 1. The Bertz CT molecular complexity index is 1700. The average Bonchev–Trinajstić information content (AvgIpc) is 3.04. The molecule has 2 amide bonds. The predicted octanol–water partition coefficient (Wildman–Crippen LogP) is 8.05. The molecule has 4 aromatic carbocycles. The molecule has 8 heteroatoms. The molecule has 244 valence electrons. The van der Waals surface area contributed by atoms with Crippen molar-refractivity contribution in [3.05, 3.63) is 131 Å². The lowest BCUT2D eigenvalue weighted by molar-refractivity contribution is 0.221. The number of amidine groups is 1. The molecule has 0 aliphatic carbocycles. The Kier molecular flexibility index (Phi) is 11.9. The normalized spacial score (nSPS) is 11.7. The Morgan fingerprint density at radius 1 is 0.783 bits per heavy atom. The van der Waals surface area contributed by atoms with Crippen LogP contribution in [-0.4, -0.2) is 31.7 Å². The van der Waals surface area contributed by atoms with Crippen LogP contribution in [0.3, 0.4) is 0 Å². The van der Waals surface area contributed by atoms with Gasteiger partial charge in [0.15, 0.2) is 0 Å². The number of aryl methyl sites for hydroxylation is 1. The largest absolute Gasteiger partial charge is 0.334 e. The van der Waals surface area contributed by atoms with Gasteiger partial charge in [-0.2, -0.15) is 0 Å². The van der Waals surface area contributed by atoms with E-state index in [4.69, 9.17) is 5.41 Å². The Labute approximate surface area is 276 Å². The van der Waals surface area contributed by atoms with Crippen molar-refractivity contribution in [1.29, 1.82) is 5.41 Å². The van der Waals surface area contributed by atoms with E-state index in [9.17, 15) is 13.2 Å². The molecule has 0 bridgehead atoms. The van der Waals surface area contributed by atoms with Crippen molar-refractivity contribution in [1.82, 2.24) is 14.9 Å². The highest BCUT2D eigenvalue weighted by Gasteiger charge is 2.17. The van der Waals surface area contributed by atoms with Gasteiger partial charge in [-0.15, -0.1) is 0 Å². The minimum atomic E-state index is -3.49. The van der Waals surface area contributed by atoms with Crippen LogP contribution in [0.15, 0.2) is 103 Å². The number of hydrogen-bond acceptors (Lipinski definition) is 4. The molecule has 3 N–H and O–H groups in total. The lowest BCUT2D eigenvalue weighted by Crippen LogP contribution is -2.43. The van der Waals surface area contributed by atoms with Crippen LogP contribution in [0.25, 0.3) is 11.1 Å². The van der Waals surface area contributed by atoms with Gasteiger partial charge in [0.05, 0.1) is 5.75 Å². The summed E-state index contributed by atoms with van der Waals surface area (Å²) in [6.07, 6.45) is 2.03. The first-order valence-corrected chi connectivity index (χ1v) is 17.5. The van der Waals surface area contributed by atoms with E-state index in [-0.39, 0.29) is 25.2 Å². The van der Waals surface area contributed by atoms with Crippen molar-refractivity contribution >= 4 is 21.9 Å². The van der Waals surface area contributed by atoms with Crippen molar-refractivity contribution in [2.24, 2.45) is 0 Å². The van der Waals surface area contributed by atoms with Gasteiger partial charge in [-0.05, 0) is 64.1 Å². The Balaban J connectivity index is 0.00000600. The first-order valence-electron chi connectivity index (χ1n) is 15.9. The minimum absolute atomic E-state index is 0. The van der Waals surface area contributed by atoms with Crippen LogP contribution in [0.1, 0.15) is 69.8 Å². The van der Waals surface area contributed by atoms with Crippen molar-refractivity contribution in [3.8, 4) is 11.1 Å². The number of benzene rings is 4. The third-order valence-electron chi connectivity index (χ3n) is 7.94. The molecule has 4 rings (SSSR count). The van der Waals surface area contributed by atoms with Gasteiger partial charge in [0.2, 0.25) is 10.0 Å². The summed E-state index contributed by atoms with van der Waals surface area (Å²) in [6, 6.07) is 33.3. The summed E-state index contributed by atoms with van der Waals surface area (Å²) in [5, 5.41) is 11.5. The maximum atomic E-state index is 12.8. The summed E-state index contributed by atoms with van der Waals surface area (Å²) in [5.41, 5.74) is 7.11. The fourth-order valence-corrected chi connectivity index (χ4v) is 6.32. The SMILES string of the molecule is CCN(C(=N)CCCc1ccc(-c2cccc(CS(=O)(=O)NCc3ccccc3)c2)cc1)C(=O)NCc1ccc(C(C)(C)C)cc1.[HH]. The fraction of sp³-hybridized carbons (Fsp3) is 0.316. The van der Waals surface area contributed by atoms with Gasteiger partial charge >= 0.3 is 6.03 Å². The number of rotatable bonds is 13. The highest BCUT2D eigenvalue weighted by Crippen LogP contribution is 2.24. The molecule has 0 heterocycles. The second-order valence-corrected chi connectivity index (χ2v) is 14.4. The van der Waals surface area contributed by atoms with E-state index in [0.29, 0.717) is 25.3 Å². The number of amides is 2. The molecule has 0 spiro atoms. The number of sulfonamides is 1. The summed E-state index contributed by atoms with van der Waals surface area (Å²) < 4.78 is 28.1. The van der Waals surface area contributed by atoms with E-state index in [1.165, 1.54) is 10.5 Å². The fourth-order valence-electron chi connectivity index (χ4n) is 5.21. The van der Waals surface area contributed by atoms with E-state index in [1.807, 2.05) is 85.8 Å². The Hall–Kier alpha value is -4.27. The van der Waals surface area contributed by atoms with Gasteiger partial charge < -0.3 is 5.32 Å². The highest BCUT2D eigenvalue weighted by atomic mass is 32.2.